The smallest absolute Gasteiger partial charge is 0.149 e. The molecule has 0 atom stereocenters. The zero-order chi connectivity index (χ0) is 12.7. The van der Waals surface area contributed by atoms with E-state index in [1.807, 2.05) is 13.8 Å². The molecule has 0 N–H and O–H groups in total. The average Bonchev–Trinajstić information content (AvgIpc) is 2.12. The molecule has 0 bridgehead atoms. The largest absolute Gasteiger partial charge is 0.308 e. The van der Waals surface area contributed by atoms with Crippen LogP contribution in [0.5, 0.6) is 0 Å². The summed E-state index contributed by atoms with van der Waals surface area (Å²) in [5.41, 5.74) is 0. The van der Waals surface area contributed by atoms with Gasteiger partial charge in [-0.05, 0) is 20.0 Å². The molecule has 0 fully saturated rings. The first-order valence-corrected chi connectivity index (χ1v) is 6.22. The topological polar surface area (TPSA) is 23.6 Å². The van der Waals surface area contributed by atoms with Crippen molar-refractivity contribution in [3.05, 3.63) is 0 Å². The van der Waals surface area contributed by atoms with Crippen LogP contribution in [0.1, 0.15) is 27.7 Å². The number of carbonyl (C=O) groups is 1. The van der Waals surface area contributed by atoms with Crippen molar-refractivity contribution < 1.29 is 4.79 Å². The molecule has 0 aliphatic rings. The zero-order valence-corrected chi connectivity index (χ0v) is 11.8. The van der Waals surface area contributed by atoms with E-state index in [9.17, 15) is 4.79 Å². The molecule has 3 nitrogen and oxygen atoms in total. The van der Waals surface area contributed by atoms with Gasteiger partial charge in [0.1, 0.15) is 5.78 Å². The lowest BCUT2D eigenvalue weighted by Crippen LogP contribution is -2.38. The van der Waals surface area contributed by atoms with Crippen molar-refractivity contribution in [2.24, 2.45) is 11.8 Å². The fraction of sp³-hybridized carbons (Fsp3) is 0.923. The number of hydrogen-bond donors (Lipinski definition) is 0. The van der Waals surface area contributed by atoms with Crippen molar-refractivity contribution in [3.8, 4) is 0 Å². The van der Waals surface area contributed by atoms with Crippen molar-refractivity contribution in [1.29, 1.82) is 0 Å². The number of Topliss-reactive ketones (excluding diaryl/α,β-unsaturated/α-hetero) is 1. The highest BCUT2D eigenvalue weighted by Crippen LogP contribution is 2.02. The van der Waals surface area contributed by atoms with Gasteiger partial charge in [-0.25, -0.2) is 0 Å². The Morgan fingerprint density at radius 1 is 1.06 bits per heavy atom. The number of ketones is 1. The molecule has 0 heterocycles. The summed E-state index contributed by atoms with van der Waals surface area (Å²) >= 11 is 0. The lowest BCUT2D eigenvalue weighted by molar-refractivity contribution is -0.123. The lowest BCUT2D eigenvalue weighted by atomic mass is 10.1. The third-order valence-corrected chi connectivity index (χ3v) is 2.51. The molecule has 0 aliphatic heterocycles. The fourth-order valence-electron chi connectivity index (χ4n) is 1.50. The Balaban J connectivity index is 4.14. The minimum absolute atomic E-state index is 0.147. The van der Waals surface area contributed by atoms with Crippen molar-refractivity contribution in [2.45, 2.75) is 27.7 Å². The number of rotatable bonds is 8. The van der Waals surface area contributed by atoms with Crippen LogP contribution in [0.3, 0.4) is 0 Å². The predicted octanol–water partition coefficient (Wildman–Crippen LogP) is 1.73. The van der Waals surface area contributed by atoms with Gasteiger partial charge >= 0.3 is 0 Å². The van der Waals surface area contributed by atoms with Gasteiger partial charge < -0.3 is 4.90 Å². The van der Waals surface area contributed by atoms with Gasteiger partial charge in [0.25, 0.3) is 0 Å². The number of likely N-dealkylation sites (N-methyl/N-ethyl adjacent to an activating group) is 1. The van der Waals surface area contributed by atoms with Crippen LogP contribution in [0, 0.1) is 11.8 Å². The highest BCUT2D eigenvalue weighted by atomic mass is 16.1. The molecule has 0 saturated carbocycles. The van der Waals surface area contributed by atoms with Gasteiger partial charge in [-0.15, -0.1) is 0 Å². The summed E-state index contributed by atoms with van der Waals surface area (Å²) in [5.74, 6) is 1.11. The van der Waals surface area contributed by atoms with Crippen LogP contribution in [0.15, 0.2) is 0 Å². The lowest BCUT2D eigenvalue weighted by Gasteiger charge is -2.25. The highest BCUT2D eigenvalue weighted by Gasteiger charge is 2.14. The van der Waals surface area contributed by atoms with Gasteiger partial charge in [0, 0.05) is 25.6 Å². The van der Waals surface area contributed by atoms with Gasteiger partial charge in [0.15, 0.2) is 0 Å². The minimum Gasteiger partial charge on any atom is -0.308 e. The molecule has 0 amide bonds. The average molecular weight is 228 g/mol. The van der Waals surface area contributed by atoms with Crippen LogP contribution in [-0.2, 0) is 4.79 Å². The van der Waals surface area contributed by atoms with Gasteiger partial charge in [-0.2, -0.15) is 0 Å². The molecule has 0 spiro atoms. The van der Waals surface area contributed by atoms with Crippen molar-refractivity contribution >= 4 is 5.78 Å². The maximum atomic E-state index is 11.7. The van der Waals surface area contributed by atoms with Crippen LogP contribution in [0.4, 0.5) is 0 Å². The number of nitrogens with zero attached hydrogens (tertiary/aromatic N) is 2. The quantitative estimate of drug-likeness (QED) is 0.632. The maximum Gasteiger partial charge on any atom is 0.149 e. The SMILES string of the molecule is CC(C)CN(CCN(C)C)CC(=O)C(C)C. The minimum atomic E-state index is 0.147. The second-order valence-corrected chi connectivity index (χ2v) is 5.55. The van der Waals surface area contributed by atoms with E-state index in [0.29, 0.717) is 18.2 Å². The molecular formula is C13H28N2O. The van der Waals surface area contributed by atoms with E-state index in [2.05, 4.69) is 37.7 Å². The van der Waals surface area contributed by atoms with E-state index in [0.717, 1.165) is 19.6 Å². The molecule has 0 aromatic rings. The first-order valence-electron chi connectivity index (χ1n) is 6.22. The summed E-state index contributed by atoms with van der Waals surface area (Å²) < 4.78 is 0. The van der Waals surface area contributed by atoms with Crippen LogP contribution in [0.25, 0.3) is 0 Å². The molecule has 0 radical (unpaired) electrons. The van der Waals surface area contributed by atoms with E-state index < -0.39 is 0 Å². The van der Waals surface area contributed by atoms with Crippen LogP contribution in [-0.4, -0.2) is 55.9 Å². The predicted molar refractivity (Wildman–Crippen MR) is 69.7 cm³/mol. The Labute approximate surface area is 101 Å². The molecule has 16 heavy (non-hydrogen) atoms. The first kappa shape index (κ1) is 15.6. The zero-order valence-electron chi connectivity index (χ0n) is 11.8. The number of carbonyl (C=O) groups excluding carboxylic acids is 1. The van der Waals surface area contributed by atoms with Crippen LogP contribution >= 0.6 is 0 Å². The summed E-state index contributed by atoms with van der Waals surface area (Å²) in [5, 5.41) is 0. The number of hydrogen-bond acceptors (Lipinski definition) is 3. The van der Waals surface area contributed by atoms with Crippen molar-refractivity contribution in [2.75, 3.05) is 40.3 Å². The van der Waals surface area contributed by atoms with Gasteiger partial charge in [0.2, 0.25) is 0 Å². The molecule has 0 aromatic carbocycles. The van der Waals surface area contributed by atoms with E-state index >= 15 is 0 Å². The third kappa shape index (κ3) is 7.83. The Morgan fingerprint density at radius 3 is 2.00 bits per heavy atom. The summed E-state index contributed by atoms with van der Waals surface area (Å²) in [6, 6.07) is 0. The van der Waals surface area contributed by atoms with Crippen molar-refractivity contribution in [3.63, 3.8) is 0 Å². The molecule has 0 saturated heterocycles. The van der Waals surface area contributed by atoms with E-state index in [1.54, 1.807) is 0 Å². The van der Waals surface area contributed by atoms with Crippen LogP contribution in [0.2, 0.25) is 0 Å². The normalized spacial score (nSPS) is 12.1. The summed E-state index contributed by atoms with van der Waals surface area (Å²) in [6.45, 7) is 11.9. The van der Waals surface area contributed by atoms with Gasteiger partial charge in [0.05, 0.1) is 6.54 Å². The molecule has 0 aliphatic carbocycles. The Bertz CT molecular complexity index is 200. The second kappa shape index (κ2) is 7.80. The standard InChI is InChI=1S/C13H28N2O/c1-11(2)9-15(8-7-14(5)6)10-13(16)12(3)4/h11-12H,7-10H2,1-6H3. The molecule has 0 rings (SSSR count). The molecule has 0 aromatic heterocycles. The highest BCUT2D eigenvalue weighted by molar-refractivity contribution is 5.82. The van der Waals surface area contributed by atoms with E-state index in [4.69, 9.17) is 0 Å². The third-order valence-electron chi connectivity index (χ3n) is 2.51. The van der Waals surface area contributed by atoms with E-state index in [-0.39, 0.29) is 5.92 Å². The monoisotopic (exact) mass is 228 g/mol. The molecular weight excluding hydrogens is 200 g/mol. The Kier molecular flexibility index (Phi) is 7.60. The maximum absolute atomic E-state index is 11.7. The Hall–Kier alpha value is -0.410. The molecule has 0 unspecified atom stereocenters. The van der Waals surface area contributed by atoms with Gasteiger partial charge in [-0.1, -0.05) is 27.7 Å². The fourth-order valence-corrected chi connectivity index (χ4v) is 1.50. The molecule has 3 heteroatoms. The summed E-state index contributed by atoms with van der Waals surface area (Å²) in [4.78, 5) is 16.2. The first-order chi connectivity index (χ1) is 7.32. The van der Waals surface area contributed by atoms with Gasteiger partial charge in [-0.3, -0.25) is 9.69 Å². The van der Waals surface area contributed by atoms with E-state index in [1.165, 1.54) is 0 Å². The molecule has 96 valence electrons. The van der Waals surface area contributed by atoms with Crippen LogP contribution < -0.4 is 0 Å². The Morgan fingerprint density at radius 2 is 1.62 bits per heavy atom. The summed E-state index contributed by atoms with van der Waals surface area (Å²) in [7, 11) is 4.13. The van der Waals surface area contributed by atoms with Crippen molar-refractivity contribution in [1.82, 2.24) is 9.80 Å². The summed E-state index contributed by atoms with van der Waals surface area (Å²) in [6.07, 6.45) is 0. The second-order valence-electron chi connectivity index (χ2n) is 5.55.